The van der Waals surface area contributed by atoms with Crippen LogP contribution >= 0.6 is 0 Å². The molecule has 1 aliphatic rings. The van der Waals surface area contributed by atoms with Gasteiger partial charge in [0.25, 0.3) is 0 Å². The van der Waals surface area contributed by atoms with Crippen LogP contribution in [0.3, 0.4) is 0 Å². The SMILES string of the molecule is COc1ccc(N2CCC(C)N(C)CC2CN)cc1. The Labute approximate surface area is 116 Å². The van der Waals surface area contributed by atoms with Crippen LogP contribution in [0.25, 0.3) is 0 Å². The molecule has 1 aromatic rings. The average molecular weight is 263 g/mol. The molecule has 19 heavy (non-hydrogen) atoms. The first-order valence-electron chi connectivity index (χ1n) is 6.96. The van der Waals surface area contributed by atoms with Crippen molar-refractivity contribution in [3.8, 4) is 5.75 Å². The molecule has 106 valence electrons. The first kappa shape index (κ1) is 14.2. The summed E-state index contributed by atoms with van der Waals surface area (Å²) < 4.78 is 5.22. The molecule has 2 atom stereocenters. The summed E-state index contributed by atoms with van der Waals surface area (Å²) in [5, 5.41) is 0. The third kappa shape index (κ3) is 3.19. The Morgan fingerprint density at radius 3 is 2.58 bits per heavy atom. The number of hydrogen-bond donors (Lipinski definition) is 1. The van der Waals surface area contributed by atoms with Gasteiger partial charge in [-0.05, 0) is 44.7 Å². The normalized spacial score (nSPS) is 25.2. The Hall–Kier alpha value is -1.26. The van der Waals surface area contributed by atoms with E-state index in [9.17, 15) is 0 Å². The van der Waals surface area contributed by atoms with Crippen LogP contribution in [0.2, 0.25) is 0 Å². The van der Waals surface area contributed by atoms with Crippen LogP contribution in [-0.4, -0.2) is 50.8 Å². The minimum absolute atomic E-state index is 0.378. The molecule has 2 rings (SSSR count). The van der Waals surface area contributed by atoms with Crippen molar-refractivity contribution in [1.82, 2.24) is 4.90 Å². The molecule has 0 aliphatic carbocycles. The van der Waals surface area contributed by atoms with E-state index in [1.165, 1.54) is 12.1 Å². The van der Waals surface area contributed by atoms with Crippen LogP contribution in [0.15, 0.2) is 24.3 Å². The Kier molecular flexibility index (Phi) is 4.66. The van der Waals surface area contributed by atoms with Crippen LogP contribution in [-0.2, 0) is 0 Å². The van der Waals surface area contributed by atoms with Gasteiger partial charge < -0.3 is 20.3 Å². The predicted octanol–water partition coefficient (Wildman–Crippen LogP) is 1.55. The van der Waals surface area contributed by atoms with Crippen molar-refractivity contribution in [2.75, 3.05) is 38.7 Å². The van der Waals surface area contributed by atoms with Gasteiger partial charge >= 0.3 is 0 Å². The van der Waals surface area contributed by atoms with Crippen LogP contribution < -0.4 is 15.4 Å². The van der Waals surface area contributed by atoms with Crippen molar-refractivity contribution in [3.05, 3.63) is 24.3 Å². The molecule has 1 heterocycles. The van der Waals surface area contributed by atoms with Crippen molar-refractivity contribution in [2.24, 2.45) is 5.73 Å². The summed E-state index contributed by atoms with van der Waals surface area (Å²) in [6.45, 7) is 5.04. The van der Waals surface area contributed by atoms with Crippen molar-refractivity contribution >= 4 is 5.69 Å². The van der Waals surface area contributed by atoms with Gasteiger partial charge in [-0.2, -0.15) is 0 Å². The molecule has 0 amide bonds. The zero-order valence-electron chi connectivity index (χ0n) is 12.2. The fourth-order valence-corrected chi connectivity index (χ4v) is 2.66. The third-order valence-corrected chi connectivity index (χ3v) is 4.16. The van der Waals surface area contributed by atoms with Gasteiger partial charge in [0.2, 0.25) is 0 Å². The Bertz CT molecular complexity index is 393. The molecule has 4 nitrogen and oxygen atoms in total. The number of likely N-dealkylation sites (N-methyl/N-ethyl adjacent to an activating group) is 1. The summed E-state index contributed by atoms with van der Waals surface area (Å²) in [4.78, 5) is 4.83. The van der Waals surface area contributed by atoms with E-state index in [-0.39, 0.29) is 0 Å². The standard InChI is InChI=1S/C15H25N3O/c1-12-8-9-18(14(10-16)11-17(12)2)13-4-6-15(19-3)7-5-13/h4-7,12,14H,8-11,16H2,1-3H3. The van der Waals surface area contributed by atoms with Gasteiger partial charge in [0.15, 0.2) is 0 Å². The topological polar surface area (TPSA) is 41.7 Å². The molecule has 1 saturated heterocycles. The lowest BCUT2D eigenvalue weighted by Gasteiger charge is -2.32. The van der Waals surface area contributed by atoms with Crippen LogP contribution in [0.4, 0.5) is 5.69 Å². The molecule has 1 fully saturated rings. The second-order valence-electron chi connectivity index (χ2n) is 5.36. The van der Waals surface area contributed by atoms with Gasteiger partial charge in [-0.3, -0.25) is 0 Å². The van der Waals surface area contributed by atoms with E-state index in [4.69, 9.17) is 10.5 Å². The second-order valence-corrected chi connectivity index (χ2v) is 5.36. The smallest absolute Gasteiger partial charge is 0.119 e. The number of ether oxygens (including phenoxy) is 1. The van der Waals surface area contributed by atoms with Crippen molar-refractivity contribution < 1.29 is 4.74 Å². The molecule has 0 radical (unpaired) electrons. The molecular formula is C15H25N3O. The first-order chi connectivity index (χ1) is 9.15. The van der Waals surface area contributed by atoms with E-state index in [1.54, 1.807) is 7.11 Å². The van der Waals surface area contributed by atoms with Crippen LogP contribution in [0.5, 0.6) is 5.75 Å². The van der Waals surface area contributed by atoms with Crippen molar-refractivity contribution in [2.45, 2.75) is 25.4 Å². The lowest BCUT2D eigenvalue weighted by atomic mass is 10.2. The summed E-state index contributed by atoms with van der Waals surface area (Å²) >= 11 is 0. The average Bonchev–Trinajstić information content (AvgIpc) is 2.59. The third-order valence-electron chi connectivity index (χ3n) is 4.16. The summed E-state index contributed by atoms with van der Waals surface area (Å²) in [6.07, 6.45) is 1.17. The highest BCUT2D eigenvalue weighted by molar-refractivity contribution is 5.50. The molecular weight excluding hydrogens is 238 g/mol. The van der Waals surface area contributed by atoms with Crippen LogP contribution in [0.1, 0.15) is 13.3 Å². The van der Waals surface area contributed by atoms with Crippen molar-refractivity contribution in [3.63, 3.8) is 0 Å². The van der Waals surface area contributed by atoms with E-state index in [0.717, 1.165) is 18.8 Å². The fourth-order valence-electron chi connectivity index (χ4n) is 2.66. The molecule has 2 unspecified atom stereocenters. The van der Waals surface area contributed by atoms with Gasteiger partial charge in [-0.25, -0.2) is 0 Å². The maximum atomic E-state index is 5.97. The second kappa shape index (κ2) is 6.26. The molecule has 0 spiro atoms. The number of rotatable bonds is 3. The number of benzene rings is 1. The number of methoxy groups -OCH3 is 1. The van der Waals surface area contributed by atoms with Crippen LogP contribution in [0, 0.1) is 0 Å². The highest BCUT2D eigenvalue weighted by Crippen LogP contribution is 2.24. The number of nitrogens with zero attached hydrogens (tertiary/aromatic N) is 2. The molecule has 1 aromatic carbocycles. The lowest BCUT2D eigenvalue weighted by molar-refractivity contribution is 0.256. The maximum absolute atomic E-state index is 5.97. The fraction of sp³-hybridized carbons (Fsp3) is 0.600. The van der Waals surface area contributed by atoms with E-state index >= 15 is 0 Å². The summed E-state index contributed by atoms with van der Waals surface area (Å²) in [7, 11) is 3.88. The number of nitrogens with two attached hydrogens (primary N) is 1. The summed E-state index contributed by atoms with van der Waals surface area (Å²) in [6, 6.07) is 9.26. The highest BCUT2D eigenvalue weighted by Gasteiger charge is 2.25. The maximum Gasteiger partial charge on any atom is 0.119 e. The largest absolute Gasteiger partial charge is 0.497 e. The Balaban J connectivity index is 2.19. The van der Waals surface area contributed by atoms with Gasteiger partial charge in [-0.1, -0.05) is 0 Å². The van der Waals surface area contributed by atoms with E-state index in [0.29, 0.717) is 18.6 Å². The zero-order valence-corrected chi connectivity index (χ0v) is 12.2. The predicted molar refractivity (Wildman–Crippen MR) is 79.9 cm³/mol. The Morgan fingerprint density at radius 2 is 2.00 bits per heavy atom. The quantitative estimate of drug-likeness (QED) is 0.898. The van der Waals surface area contributed by atoms with Crippen molar-refractivity contribution in [1.29, 1.82) is 0 Å². The summed E-state index contributed by atoms with van der Waals surface area (Å²) in [5.41, 5.74) is 7.21. The van der Waals surface area contributed by atoms with E-state index in [2.05, 4.69) is 35.9 Å². The van der Waals surface area contributed by atoms with E-state index < -0.39 is 0 Å². The summed E-state index contributed by atoms with van der Waals surface area (Å²) in [5.74, 6) is 0.897. The van der Waals surface area contributed by atoms with Gasteiger partial charge in [-0.15, -0.1) is 0 Å². The van der Waals surface area contributed by atoms with Gasteiger partial charge in [0.1, 0.15) is 5.75 Å². The number of hydrogen-bond acceptors (Lipinski definition) is 4. The minimum Gasteiger partial charge on any atom is -0.497 e. The zero-order chi connectivity index (χ0) is 13.8. The first-order valence-corrected chi connectivity index (χ1v) is 6.96. The van der Waals surface area contributed by atoms with E-state index in [1.807, 2.05) is 12.1 Å². The lowest BCUT2D eigenvalue weighted by Crippen LogP contribution is -2.45. The Morgan fingerprint density at radius 1 is 1.32 bits per heavy atom. The van der Waals surface area contributed by atoms with Gasteiger partial charge in [0.05, 0.1) is 13.2 Å². The molecule has 4 heteroatoms. The molecule has 2 N–H and O–H groups in total. The highest BCUT2D eigenvalue weighted by atomic mass is 16.5. The molecule has 0 bridgehead atoms. The monoisotopic (exact) mass is 263 g/mol. The molecule has 1 aliphatic heterocycles. The number of anilines is 1. The molecule has 0 saturated carbocycles. The molecule has 0 aromatic heterocycles. The minimum atomic E-state index is 0.378. The van der Waals surface area contributed by atoms with Gasteiger partial charge in [0, 0.05) is 31.4 Å².